The van der Waals surface area contributed by atoms with Crippen LogP contribution in [0.25, 0.3) is 0 Å². The van der Waals surface area contributed by atoms with Gasteiger partial charge in [-0.15, -0.1) is 0 Å². The van der Waals surface area contributed by atoms with Crippen LogP contribution in [0.3, 0.4) is 0 Å². The van der Waals surface area contributed by atoms with E-state index in [9.17, 15) is 0 Å². The number of nitrogens with one attached hydrogen (secondary N) is 1. The molecule has 0 spiro atoms. The molecular formula is C15H23N3. The minimum Gasteiger partial charge on any atom is -0.354 e. The van der Waals surface area contributed by atoms with E-state index in [0.717, 1.165) is 30.9 Å². The van der Waals surface area contributed by atoms with Crippen molar-refractivity contribution in [3.8, 4) is 0 Å². The molecule has 0 radical (unpaired) electrons. The molecule has 2 fully saturated rings. The Labute approximate surface area is 110 Å². The molecule has 0 bridgehead atoms. The Kier molecular flexibility index (Phi) is 3.25. The zero-order valence-corrected chi connectivity index (χ0v) is 11.4. The summed E-state index contributed by atoms with van der Waals surface area (Å²) in [5.74, 6) is 1.94. The first kappa shape index (κ1) is 12.0. The van der Waals surface area contributed by atoms with Gasteiger partial charge in [0.05, 0.1) is 5.69 Å². The van der Waals surface area contributed by atoms with Crippen LogP contribution in [-0.2, 0) is 6.54 Å². The van der Waals surface area contributed by atoms with Gasteiger partial charge in [-0.3, -0.25) is 0 Å². The number of nitrogens with zero attached hydrogens (tertiary/aromatic N) is 2. The minimum absolute atomic E-state index is 0.624. The lowest BCUT2D eigenvalue weighted by Gasteiger charge is -2.23. The molecule has 3 heteroatoms. The Hall–Kier alpha value is -1.09. The first-order valence-electron chi connectivity index (χ1n) is 7.18. The molecule has 3 nitrogen and oxygen atoms in total. The highest BCUT2D eigenvalue weighted by atomic mass is 15.2. The average Bonchev–Trinajstić information content (AvgIpc) is 3.12. The molecule has 1 N–H and O–H groups in total. The molecule has 2 unspecified atom stereocenters. The van der Waals surface area contributed by atoms with Gasteiger partial charge in [-0.05, 0) is 44.2 Å². The molecule has 1 aliphatic heterocycles. The predicted octanol–water partition coefficient (Wildman–Crippen LogP) is 2.57. The maximum atomic E-state index is 4.80. The fraction of sp³-hybridized carbons (Fsp3) is 0.667. The lowest BCUT2D eigenvalue weighted by Crippen LogP contribution is -2.28. The van der Waals surface area contributed by atoms with Gasteiger partial charge < -0.3 is 10.2 Å². The van der Waals surface area contributed by atoms with Crippen molar-refractivity contribution in [2.75, 3.05) is 11.4 Å². The third-order valence-corrected chi connectivity index (χ3v) is 4.02. The van der Waals surface area contributed by atoms with Crippen molar-refractivity contribution in [1.82, 2.24) is 10.3 Å². The van der Waals surface area contributed by atoms with E-state index in [1.807, 2.05) is 0 Å². The fourth-order valence-electron chi connectivity index (χ4n) is 2.88. The zero-order valence-electron chi connectivity index (χ0n) is 11.4. The maximum absolute atomic E-state index is 4.80. The Morgan fingerprint density at radius 3 is 2.83 bits per heavy atom. The summed E-state index contributed by atoms with van der Waals surface area (Å²) in [6.07, 6.45) is 3.95. The van der Waals surface area contributed by atoms with E-state index in [-0.39, 0.29) is 0 Å². The van der Waals surface area contributed by atoms with Gasteiger partial charge >= 0.3 is 0 Å². The third-order valence-electron chi connectivity index (χ3n) is 4.02. The van der Waals surface area contributed by atoms with Crippen LogP contribution in [0.2, 0.25) is 0 Å². The second kappa shape index (κ2) is 4.88. The number of rotatable bonds is 4. The molecule has 2 heterocycles. The van der Waals surface area contributed by atoms with Gasteiger partial charge in [0.15, 0.2) is 0 Å². The van der Waals surface area contributed by atoms with Crippen LogP contribution in [0.1, 0.15) is 38.8 Å². The second-order valence-corrected chi connectivity index (χ2v) is 5.98. The van der Waals surface area contributed by atoms with Crippen LogP contribution >= 0.6 is 0 Å². The smallest absolute Gasteiger partial charge is 0.129 e. The third kappa shape index (κ3) is 2.66. The molecule has 3 rings (SSSR count). The van der Waals surface area contributed by atoms with E-state index >= 15 is 0 Å². The first-order valence-corrected chi connectivity index (χ1v) is 7.18. The van der Waals surface area contributed by atoms with E-state index in [0.29, 0.717) is 6.04 Å². The van der Waals surface area contributed by atoms with Crippen LogP contribution in [0.15, 0.2) is 18.2 Å². The second-order valence-electron chi connectivity index (χ2n) is 5.98. The van der Waals surface area contributed by atoms with Crippen LogP contribution in [0, 0.1) is 5.92 Å². The summed E-state index contributed by atoms with van der Waals surface area (Å²) in [4.78, 5) is 7.25. The Bertz CT molecular complexity index is 414. The van der Waals surface area contributed by atoms with Crippen molar-refractivity contribution in [2.24, 2.45) is 5.92 Å². The lowest BCUT2D eigenvalue weighted by atomic mass is 10.1. The summed E-state index contributed by atoms with van der Waals surface area (Å²) in [7, 11) is 0. The Balaban J connectivity index is 1.69. The van der Waals surface area contributed by atoms with Crippen LogP contribution in [0.5, 0.6) is 0 Å². The highest BCUT2D eigenvalue weighted by Gasteiger charge is 2.27. The molecule has 1 saturated heterocycles. The molecule has 1 saturated carbocycles. The van der Waals surface area contributed by atoms with Gasteiger partial charge in [-0.25, -0.2) is 4.98 Å². The van der Waals surface area contributed by atoms with E-state index in [2.05, 4.69) is 42.3 Å². The van der Waals surface area contributed by atoms with Crippen molar-refractivity contribution in [3.63, 3.8) is 0 Å². The molecule has 2 aliphatic rings. The Morgan fingerprint density at radius 2 is 2.17 bits per heavy atom. The summed E-state index contributed by atoms with van der Waals surface area (Å²) in [5.41, 5.74) is 1.17. The van der Waals surface area contributed by atoms with Crippen molar-refractivity contribution >= 4 is 5.82 Å². The van der Waals surface area contributed by atoms with Gasteiger partial charge in [0, 0.05) is 25.2 Å². The Morgan fingerprint density at radius 1 is 1.33 bits per heavy atom. The van der Waals surface area contributed by atoms with Crippen LogP contribution in [0.4, 0.5) is 5.82 Å². The largest absolute Gasteiger partial charge is 0.354 e. The number of pyridine rings is 1. The normalized spacial score (nSPS) is 27.8. The lowest BCUT2D eigenvalue weighted by molar-refractivity contribution is 0.625. The molecule has 98 valence electrons. The van der Waals surface area contributed by atoms with Crippen LogP contribution < -0.4 is 10.2 Å². The van der Waals surface area contributed by atoms with Crippen molar-refractivity contribution in [1.29, 1.82) is 0 Å². The average molecular weight is 245 g/mol. The maximum Gasteiger partial charge on any atom is 0.129 e. The van der Waals surface area contributed by atoms with Gasteiger partial charge in [0.1, 0.15) is 5.82 Å². The number of hydrogen-bond acceptors (Lipinski definition) is 3. The fourth-order valence-corrected chi connectivity index (χ4v) is 2.88. The minimum atomic E-state index is 0.624. The quantitative estimate of drug-likeness (QED) is 0.883. The molecule has 1 aromatic rings. The SMILES string of the molecule is CC1CC(C)N(c2cccc(CNC3CC3)n2)C1. The summed E-state index contributed by atoms with van der Waals surface area (Å²) in [6, 6.07) is 7.79. The van der Waals surface area contributed by atoms with Gasteiger partial charge in [0.2, 0.25) is 0 Å². The molecule has 2 atom stereocenters. The topological polar surface area (TPSA) is 28.2 Å². The van der Waals surface area contributed by atoms with Crippen molar-refractivity contribution in [2.45, 2.75) is 51.7 Å². The molecule has 18 heavy (non-hydrogen) atoms. The van der Waals surface area contributed by atoms with E-state index in [4.69, 9.17) is 4.98 Å². The summed E-state index contributed by atoms with van der Waals surface area (Å²) in [6.45, 7) is 6.69. The van der Waals surface area contributed by atoms with E-state index < -0.39 is 0 Å². The summed E-state index contributed by atoms with van der Waals surface area (Å²) >= 11 is 0. The highest BCUT2D eigenvalue weighted by molar-refractivity contribution is 5.42. The number of hydrogen-bond donors (Lipinski definition) is 1. The van der Waals surface area contributed by atoms with Gasteiger partial charge in [0.25, 0.3) is 0 Å². The van der Waals surface area contributed by atoms with Gasteiger partial charge in [-0.2, -0.15) is 0 Å². The standard InChI is InChI=1S/C15H23N3/c1-11-8-12(2)18(10-11)15-5-3-4-14(17-15)9-16-13-6-7-13/h3-5,11-13,16H,6-10H2,1-2H3. The van der Waals surface area contributed by atoms with Gasteiger partial charge in [-0.1, -0.05) is 13.0 Å². The first-order chi connectivity index (χ1) is 8.72. The van der Waals surface area contributed by atoms with Crippen LogP contribution in [-0.4, -0.2) is 23.6 Å². The van der Waals surface area contributed by atoms with Crippen molar-refractivity contribution < 1.29 is 0 Å². The zero-order chi connectivity index (χ0) is 12.5. The number of anilines is 1. The van der Waals surface area contributed by atoms with Crippen molar-refractivity contribution in [3.05, 3.63) is 23.9 Å². The number of aromatic nitrogens is 1. The molecule has 1 aromatic heterocycles. The molecule has 0 amide bonds. The predicted molar refractivity (Wildman–Crippen MR) is 74.7 cm³/mol. The van der Waals surface area contributed by atoms with E-state index in [1.165, 1.54) is 25.0 Å². The highest BCUT2D eigenvalue weighted by Crippen LogP contribution is 2.27. The summed E-state index contributed by atoms with van der Waals surface area (Å²) < 4.78 is 0. The molecule has 1 aliphatic carbocycles. The molecule has 0 aromatic carbocycles. The molecular weight excluding hydrogens is 222 g/mol. The monoisotopic (exact) mass is 245 g/mol. The summed E-state index contributed by atoms with van der Waals surface area (Å²) in [5, 5.41) is 3.53. The van der Waals surface area contributed by atoms with E-state index in [1.54, 1.807) is 0 Å².